The molecule has 0 aliphatic heterocycles. The van der Waals surface area contributed by atoms with Crippen molar-refractivity contribution < 1.29 is 4.79 Å². The molecule has 0 saturated heterocycles. The molecule has 1 rings (SSSR count). The molecule has 0 spiro atoms. The van der Waals surface area contributed by atoms with Gasteiger partial charge in [0, 0.05) is 12.5 Å². The Morgan fingerprint density at radius 2 is 2.07 bits per heavy atom. The van der Waals surface area contributed by atoms with Crippen molar-refractivity contribution in [2.24, 2.45) is 5.92 Å². The van der Waals surface area contributed by atoms with Crippen LogP contribution in [0.25, 0.3) is 0 Å². The predicted molar refractivity (Wildman–Crippen MR) is 59.3 cm³/mol. The minimum atomic E-state index is 0.559. The molecule has 0 bridgehead atoms. The van der Waals surface area contributed by atoms with Gasteiger partial charge in [-0.05, 0) is 25.8 Å². The molecule has 14 heavy (non-hydrogen) atoms. The van der Waals surface area contributed by atoms with Crippen molar-refractivity contribution >= 4 is 6.29 Å². The average molecular weight is 197 g/mol. The summed E-state index contributed by atoms with van der Waals surface area (Å²) in [6.45, 7) is 0. The molecule has 1 atom stereocenters. The normalized spacial score (nSPS) is 20.6. The number of hydrogen-bond donors (Lipinski definition) is 1. The first kappa shape index (κ1) is 11.7. The fourth-order valence-electron chi connectivity index (χ4n) is 2.47. The third-order valence-corrected chi connectivity index (χ3v) is 3.38. The first-order valence-electron chi connectivity index (χ1n) is 5.97. The molecule has 0 aromatic heterocycles. The molecule has 1 aliphatic carbocycles. The van der Waals surface area contributed by atoms with Crippen LogP contribution in [0.15, 0.2) is 0 Å². The quantitative estimate of drug-likeness (QED) is 0.663. The summed E-state index contributed by atoms with van der Waals surface area (Å²) in [7, 11) is 2.01. The van der Waals surface area contributed by atoms with Crippen molar-refractivity contribution in [1.82, 2.24) is 5.32 Å². The molecule has 2 nitrogen and oxygen atoms in total. The summed E-state index contributed by atoms with van der Waals surface area (Å²) in [6, 6.07) is 0.559. The fraction of sp³-hybridized carbons (Fsp3) is 0.917. The SMILES string of the molecule is CNC(CCC=O)CC1CCCCC1. The van der Waals surface area contributed by atoms with Crippen molar-refractivity contribution in [3.63, 3.8) is 0 Å². The number of hydrogen-bond acceptors (Lipinski definition) is 2. The molecular weight excluding hydrogens is 174 g/mol. The van der Waals surface area contributed by atoms with E-state index in [1.165, 1.54) is 38.5 Å². The second-order valence-corrected chi connectivity index (χ2v) is 4.47. The van der Waals surface area contributed by atoms with E-state index in [2.05, 4.69) is 5.32 Å². The van der Waals surface area contributed by atoms with Gasteiger partial charge in [0.2, 0.25) is 0 Å². The van der Waals surface area contributed by atoms with Crippen LogP contribution in [0.5, 0.6) is 0 Å². The lowest BCUT2D eigenvalue weighted by Crippen LogP contribution is -2.28. The van der Waals surface area contributed by atoms with Crippen LogP contribution in [0.3, 0.4) is 0 Å². The van der Waals surface area contributed by atoms with E-state index in [1.54, 1.807) is 0 Å². The smallest absolute Gasteiger partial charge is 0.120 e. The molecule has 1 unspecified atom stereocenters. The Bertz CT molecular complexity index is 152. The summed E-state index contributed by atoms with van der Waals surface area (Å²) < 4.78 is 0. The fourth-order valence-corrected chi connectivity index (χ4v) is 2.47. The minimum absolute atomic E-state index is 0.559. The largest absolute Gasteiger partial charge is 0.317 e. The molecule has 0 radical (unpaired) electrons. The first-order valence-corrected chi connectivity index (χ1v) is 5.97. The van der Waals surface area contributed by atoms with Crippen LogP contribution in [0, 0.1) is 5.92 Å². The first-order chi connectivity index (χ1) is 6.86. The molecule has 1 fully saturated rings. The molecule has 0 aromatic rings. The van der Waals surface area contributed by atoms with E-state index in [4.69, 9.17) is 0 Å². The topological polar surface area (TPSA) is 29.1 Å². The lowest BCUT2D eigenvalue weighted by atomic mass is 9.84. The van der Waals surface area contributed by atoms with E-state index < -0.39 is 0 Å². The van der Waals surface area contributed by atoms with Gasteiger partial charge in [-0.2, -0.15) is 0 Å². The van der Waals surface area contributed by atoms with Crippen LogP contribution in [0.4, 0.5) is 0 Å². The number of nitrogens with one attached hydrogen (secondary N) is 1. The van der Waals surface area contributed by atoms with Crippen molar-refractivity contribution in [1.29, 1.82) is 0 Å². The summed E-state index contributed by atoms with van der Waals surface area (Å²) in [6.07, 6.45) is 11.1. The number of rotatable bonds is 6. The molecule has 82 valence electrons. The molecule has 0 heterocycles. The maximum atomic E-state index is 10.3. The number of carbonyl (C=O) groups excluding carboxylic acids is 1. The van der Waals surface area contributed by atoms with Crippen molar-refractivity contribution in [3.8, 4) is 0 Å². The highest BCUT2D eigenvalue weighted by molar-refractivity contribution is 5.49. The van der Waals surface area contributed by atoms with Crippen molar-refractivity contribution in [2.45, 2.75) is 57.4 Å². The Labute approximate surface area is 87.5 Å². The lowest BCUT2D eigenvalue weighted by Gasteiger charge is -2.26. The zero-order chi connectivity index (χ0) is 10.2. The Balaban J connectivity index is 2.19. The van der Waals surface area contributed by atoms with Crippen LogP contribution in [-0.4, -0.2) is 19.4 Å². The van der Waals surface area contributed by atoms with E-state index in [-0.39, 0.29) is 0 Å². The number of carbonyl (C=O) groups is 1. The van der Waals surface area contributed by atoms with Crippen molar-refractivity contribution in [2.75, 3.05) is 7.05 Å². The van der Waals surface area contributed by atoms with Crippen LogP contribution >= 0.6 is 0 Å². The van der Waals surface area contributed by atoms with Crippen LogP contribution < -0.4 is 5.32 Å². The standard InChI is InChI=1S/C12H23NO/c1-13-12(8-5-9-14)10-11-6-3-2-4-7-11/h9,11-13H,2-8,10H2,1H3. The Kier molecular flexibility index (Phi) is 5.85. The van der Waals surface area contributed by atoms with Gasteiger partial charge in [0.25, 0.3) is 0 Å². The van der Waals surface area contributed by atoms with E-state index in [9.17, 15) is 4.79 Å². The van der Waals surface area contributed by atoms with E-state index >= 15 is 0 Å². The highest BCUT2D eigenvalue weighted by Gasteiger charge is 2.17. The second kappa shape index (κ2) is 6.99. The van der Waals surface area contributed by atoms with Gasteiger partial charge in [-0.3, -0.25) is 0 Å². The van der Waals surface area contributed by atoms with Crippen LogP contribution in [0.1, 0.15) is 51.4 Å². The van der Waals surface area contributed by atoms with E-state index in [0.717, 1.165) is 18.6 Å². The maximum Gasteiger partial charge on any atom is 0.120 e. The maximum absolute atomic E-state index is 10.3. The van der Waals surface area contributed by atoms with Gasteiger partial charge in [-0.15, -0.1) is 0 Å². The van der Waals surface area contributed by atoms with Gasteiger partial charge in [-0.25, -0.2) is 0 Å². The van der Waals surface area contributed by atoms with Gasteiger partial charge in [0.1, 0.15) is 6.29 Å². The second-order valence-electron chi connectivity index (χ2n) is 4.47. The molecular formula is C12H23NO. The third kappa shape index (κ3) is 4.23. The van der Waals surface area contributed by atoms with E-state index in [1.807, 2.05) is 7.05 Å². The number of aldehydes is 1. The van der Waals surface area contributed by atoms with E-state index in [0.29, 0.717) is 12.5 Å². The van der Waals surface area contributed by atoms with Crippen molar-refractivity contribution in [3.05, 3.63) is 0 Å². The summed E-state index contributed by atoms with van der Waals surface area (Å²) >= 11 is 0. The van der Waals surface area contributed by atoms with Gasteiger partial charge >= 0.3 is 0 Å². The monoisotopic (exact) mass is 197 g/mol. The molecule has 1 N–H and O–H groups in total. The molecule has 1 saturated carbocycles. The molecule has 1 aliphatic rings. The summed E-state index contributed by atoms with van der Waals surface area (Å²) in [5.41, 5.74) is 0. The molecule has 0 aromatic carbocycles. The summed E-state index contributed by atoms with van der Waals surface area (Å²) in [5, 5.41) is 3.33. The van der Waals surface area contributed by atoms with Crippen LogP contribution in [0.2, 0.25) is 0 Å². The lowest BCUT2D eigenvalue weighted by molar-refractivity contribution is -0.108. The minimum Gasteiger partial charge on any atom is -0.317 e. The Hall–Kier alpha value is -0.370. The Morgan fingerprint density at radius 3 is 2.64 bits per heavy atom. The highest BCUT2D eigenvalue weighted by atomic mass is 16.1. The van der Waals surface area contributed by atoms with Gasteiger partial charge in [0.15, 0.2) is 0 Å². The zero-order valence-corrected chi connectivity index (χ0v) is 9.30. The van der Waals surface area contributed by atoms with Gasteiger partial charge in [0.05, 0.1) is 0 Å². The van der Waals surface area contributed by atoms with Gasteiger partial charge in [-0.1, -0.05) is 32.1 Å². The summed E-state index contributed by atoms with van der Waals surface area (Å²) in [5.74, 6) is 0.910. The van der Waals surface area contributed by atoms with Crippen LogP contribution in [-0.2, 0) is 4.79 Å². The average Bonchev–Trinajstić information content (AvgIpc) is 2.25. The third-order valence-electron chi connectivity index (χ3n) is 3.38. The summed E-state index contributed by atoms with van der Waals surface area (Å²) in [4.78, 5) is 10.3. The highest BCUT2D eigenvalue weighted by Crippen LogP contribution is 2.27. The zero-order valence-electron chi connectivity index (χ0n) is 9.30. The van der Waals surface area contributed by atoms with Gasteiger partial charge < -0.3 is 10.1 Å². The predicted octanol–water partition coefficient (Wildman–Crippen LogP) is 2.52. The Morgan fingerprint density at radius 1 is 1.36 bits per heavy atom. The molecule has 0 amide bonds. The molecule has 2 heteroatoms.